The van der Waals surface area contributed by atoms with Gasteiger partial charge in [0.25, 0.3) is 0 Å². The van der Waals surface area contributed by atoms with Crippen molar-refractivity contribution in [1.29, 1.82) is 0 Å². The first-order valence-electron chi connectivity index (χ1n) is 5.13. The van der Waals surface area contributed by atoms with Gasteiger partial charge >= 0.3 is 0 Å². The van der Waals surface area contributed by atoms with Crippen molar-refractivity contribution >= 4 is 15.9 Å². The van der Waals surface area contributed by atoms with E-state index in [1.54, 1.807) is 0 Å². The van der Waals surface area contributed by atoms with Crippen LogP contribution in [0.3, 0.4) is 0 Å². The Morgan fingerprint density at radius 2 is 1.93 bits per heavy atom. The van der Waals surface area contributed by atoms with Gasteiger partial charge in [0.1, 0.15) is 0 Å². The Morgan fingerprint density at radius 3 is 2.43 bits per heavy atom. The summed E-state index contributed by atoms with van der Waals surface area (Å²) in [4.78, 5) is 0. The summed E-state index contributed by atoms with van der Waals surface area (Å²) in [5.41, 5.74) is 7.53. The van der Waals surface area contributed by atoms with E-state index in [1.165, 1.54) is 5.56 Å². The molecule has 1 aromatic rings. The minimum Gasteiger partial charge on any atom is -0.325 e. The third-order valence-corrected chi connectivity index (χ3v) is 3.35. The first-order chi connectivity index (χ1) is 6.59. The predicted molar refractivity (Wildman–Crippen MR) is 65.3 cm³/mol. The van der Waals surface area contributed by atoms with Gasteiger partial charge in [-0.2, -0.15) is 0 Å². The number of rotatable bonds is 4. The maximum absolute atomic E-state index is 6.26. The zero-order valence-corrected chi connectivity index (χ0v) is 10.5. The number of hydrogen-bond donors (Lipinski definition) is 1. The highest BCUT2D eigenvalue weighted by molar-refractivity contribution is 9.10. The summed E-state index contributed by atoms with van der Waals surface area (Å²) in [6, 6.07) is 8.38. The minimum absolute atomic E-state index is 0.0409. The lowest BCUT2D eigenvalue weighted by Gasteiger charge is -2.26. The second-order valence-electron chi connectivity index (χ2n) is 3.88. The van der Waals surface area contributed by atoms with Crippen molar-refractivity contribution in [2.24, 2.45) is 5.73 Å². The molecule has 1 rings (SSSR count). The van der Waals surface area contributed by atoms with Gasteiger partial charge in [0, 0.05) is 10.0 Å². The molecule has 0 aliphatic carbocycles. The van der Waals surface area contributed by atoms with E-state index in [1.807, 2.05) is 6.07 Å². The van der Waals surface area contributed by atoms with Gasteiger partial charge in [-0.3, -0.25) is 0 Å². The van der Waals surface area contributed by atoms with Crippen LogP contribution in [-0.4, -0.2) is 5.54 Å². The third-order valence-electron chi connectivity index (χ3n) is 2.85. The van der Waals surface area contributed by atoms with Crippen LogP contribution < -0.4 is 5.73 Å². The van der Waals surface area contributed by atoms with Crippen molar-refractivity contribution in [3.63, 3.8) is 0 Å². The standard InChI is InChI=1S/C12H18BrN/c1-3-12(14,4-2)9-10-6-5-7-11(13)8-10/h5-8H,3-4,9,14H2,1-2H3. The summed E-state index contributed by atoms with van der Waals surface area (Å²) >= 11 is 3.47. The van der Waals surface area contributed by atoms with Gasteiger partial charge in [0.15, 0.2) is 0 Å². The molecule has 1 aromatic carbocycles. The minimum atomic E-state index is -0.0409. The van der Waals surface area contributed by atoms with Crippen LogP contribution >= 0.6 is 15.9 Å². The fourth-order valence-corrected chi connectivity index (χ4v) is 2.00. The van der Waals surface area contributed by atoms with E-state index in [0.717, 1.165) is 23.7 Å². The van der Waals surface area contributed by atoms with E-state index in [0.29, 0.717) is 0 Å². The van der Waals surface area contributed by atoms with Gasteiger partial charge in [0.2, 0.25) is 0 Å². The van der Waals surface area contributed by atoms with Crippen molar-refractivity contribution < 1.29 is 0 Å². The number of benzene rings is 1. The van der Waals surface area contributed by atoms with Crippen molar-refractivity contribution in [3.05, 3.63) is 34.3 Å². The Kier molecular flexibility index (Phi) is 4.14. The smallest absolute Gasteiger partial charge is 0.0189 e. The highest BCUT2D eigenvalue weighted by atomic mass is 79.9. The Bertz CT molecular complexity index is 292. The van der Waals surface area contributed by atoms with Crippen molar-refractivity contribution in [3.8, 4) is 0 Å². The lowest BCUT2D eigenvalue weighted by atomic mass is 9.87. The molecule has 0 radical (unpaired) electrons. The summed E-state index contributed by atoms with van der Waals surface area (Å²) in [6.07, 6.45) is 3.01. The zero-order valence-electron chi connectivity index (χ0n) is 8.89. The van der Waals surface area contributed by atoms with E-state index in [9.17, 15) is 0 Å². The molecular weight excluding hydrogens is 238 g/mol. The fraction of sp³-hybridized carbons (Fsp3) is 0.500. The van der Waals surface area contributed by atoms with E-state index < -0.39 is 0 Å². The van der Waals surface area contributed by atoms with Gasteiger partial charge in [-0.1, -0.05) is 41.9 Å². The van der Waals surface area contributed by atoms with E-state index >= 15 is 0 Å². The highest BCUT2D eigenvalue weighted by Gasteiger charge is 2.20. The molecule has 0 bridgehead atoms. The Morgan fingerprint density at radius 1 is 1.29 bits per heavy atom. The molecule has 0 spiro atoms. The SMILES string of the molecule is CCC(N)(CC)Cc1cccc(Br)c1. The lowest BCUT2D eigenvalue weighted by molar-refractivity contribution is 0.393. The van der Waals surface area contributed by atoms with Gasteiger partial charge in [0.05, 0.1) is 0 Å². The maximum Gasteiger partial charge on any atom is 0.0189 e. The molecule has 0 amide bonds. The van der Waals surface area contributed by atoms with Crippen molar-refractivity contribution in [2.45, 2.75) is 38.6 Å². The average Bonchev–Trinajstić information content (AvgIpc) is 2.18. The molecule has 0 heterocycles. The number of hydrogen-bond acceptors (Lipinski definition) is 1. The number of nitrogens with two attached hydrogens (primary N) is 1. The Balaban J connectivity index is 2.77. The molecule has 0 atom stereocenters. The van der Waals surface area contributed by atoms with E-state index in [-0.39, 0.29) is 5.54 Å². The van der Waals surface area contributed by atoms with Gasteiger partial charge in [-0.15, -0.1) is 0 Å². The van der Waals surface area contributed by atoms with Crippen LogP contribution in [0.1, 0.15) is 32.3 Å². The Labute approximate surface area is 94.8 Å². The van der Waals surface area contributed by atoms with E-state index in [2.05, 4.69) is 48.0 Å². The van der Waals surface area contributed by atoms with Gasteiger partial charge in [-0.05, 0) is 37.0 Å². The van der Waals surface area contributed by atoms with Crippen LogP contribution in [0.15, 0.2) is 28.7 Å². The average molecular weight is 256 g/mol. The second kappa shape index (κ2) is 4.94. The molecule has 14 heavy (non-hydrogen) atoms. The molecule has 1 nitrogen and oxygen atoms in total. The Hall–Kier alpha value is -0.340. The van der Waals surface area contributed by atoms with Crippen LogP contribution in [0.2, 0.25) is 0 Å². The second-order valence-corrected chi connectivity index (χ2v) is 4.79. The molecule has 0 saturated heterocycles. The molecule has 0 aliphatic heterocycles. The molecule has 0 aliphatic rings. The van der Waals surface area contributed by atoms with Crippen LogP contribution in [0.4, 0.5) is 0 Å². The van der Waals surface area contributed by atoms with Gasteiger partial charge in [-0.25, -0.2) is 0 Å². The lowest BCUT2D eigenvalue weighted by Crippen LogP contribution is -2.40. The normalized spacial score (nSPS) is 11.7. The quantitative estimate of drug-likeness (QED) is 0.876. The monoisotopic (exact) mass is 255 g/mol. The first-order valence-corrected chi connectivity index (χ1v) is 5.92. The molecule has 0 fully saturated rings. The summed E-state index contributed by atoms with van der Waals surface area (Å²) in [5.74, 6) is 0. The first kappa shape index (κ1) is 11.7. The number of halogens is 1. The molecule has 2 N–H and O–H groups in total. The van der Waals surface area contributed by atoms with Crippen LogP contribution in [0.25, 0.3) is 0 Å². The molecule has 2 heteroatoms. The molecule has 0 saturated carbocycles. The largest absolute Gasteiger partial charge is 0.325 e. The predicted octanol–water partition coefficient (Wildman–Crippen LogP) is 3.51. The zero-order chi connectivity index (χ0) is 10.6. The summed E-state index contributed by atoms with van der Waals surface area (Å²) in [5, 5.41) is 0. The highest BCUT2D eigenvalue weighted by Crippen LogP contribution is 2.20. The summed E-state index contributed by atoms with van der Waals surface area (Å²) < 4.78 is 1.13. The molecule has 0 unspecified atom stereocenters. The maximum atomic E-state index is 6.26. The topological polar surface area (TPSA) is 26.0 Å². The van der Waals surface area contributed by atoms with Crippen molar-refractivity contribution in [2.75, 3.05) is 0 Å². The third kappa shape index (κ3) is 3.10. The van der Waals surface area contributed by atoms with E-state index in [4.69, 9.17) is 5.73 Å². The summed E-state index contributed by atoms with van der Waals surface area (Å²) in [6.45, 7) is 4.31. The van der Waals surface area contributed by atoms with Crippen LogP contribution in [0.5, 0.6) is 0 Å². The molecular formula is C12H18BrN. The van der Waals surface area contributed by atoms with Crippen molar-refractivity contribution in [1.82, 2.24) is 0 Å². The molecule has 78 valence electrons. The summed E-state index contributed by atoms with van der Waals surface area (Å²) in [7, 11) is 0. The van der Waals surface area contributed by atoms with Gasteiger partial charge < -0.3 is 5.73 Å². The molecule has 0 aromatic heterocycles. The van der Waals surface area contributed by atoms with Crippen LogP contribution in [-0.2, 0) is 6.42 Å². The fourth-order valence-electron chi connectivity index (χ4n) is 1.55. The van der Waals surface area contributed by atoms with Crippen LogP contribution in [0, 0.1) is 0 Å².